The van der Waals surface area contributed by atoms with Gasteiger partial charge in [0, 0.05) is 82.1 Å². The normalized spacial score (nSPS) is 14.7. The van der Waals surface area contributed by atoms with Crippen molar-refractivity contribution in [2.75, 3.05) is 68.4 Å². The van der Waals surface area contributed by atoms with Crippen molar-refractivity contribution in [3.05, 3.63) is 78.0 Å². The highest BCUT2D eigenvalue weighted by Gasteiger charge is 2.35. The first-order chi connectivity index (χ1) is 26.7. The summed E-state index contributed by atoms with van der Waals surface area (Å²) in [6, 6.07) is 2.49. The Morgan fingerprint density at radius 1 is 0.911 bits per heavy atom. The quantitative estimate of drug-likeness (QED) is 0.0937. The molecule has 5 aromatic heterocycles. The number of amides is 2. The summed E-state index contributed by atoms with van der Waals surface area (Å²) in [4.78, 5) is 45.8. The highest BCUT2D eigenvalue weighted by Crippen LogP contribution is 2.25. The number of imidazole rings is 2. The minimum Gasteiger partial charge on any atom is -0.397 e. The average Bonchev–Trinajstić information content (AvgIpc) is 3.69. The van der Waals surface area contributed by atoms with Gasteiger partial charge < -0.3 is 52.0 Å². The smallest absolute Gasteiger partial charge is 0.275 e. The minimum atomic E-state index is -0.874. The van der Waals surface area contributed by atoms with Gasteiger partial charge in [0.2, 0.25) is 5.91 Å². The Balaban J connectivity index is 0.000000360. The summed E-state index contributed by atoms with van der Waals surface area (Å²) in [5, 5.41) is 5.44. The van der Waals surface area contributed by atoms with E-state index in [0.29, 0.717) is 60.4 Å². The molecule has 7 rings (SSSR count). The zero-order valence-electron chi connectivity index (χ0n) is 32.2. The van der Waals surface area contributed by atoms with Crippen molar-refractivity contribution in [2.45, 2.75) is 52.3 Å². The molecule has 56 heavy (non-hydrogen) atoms. The topological polar surface area (TPSA) is 238 Å². The van der Waals surface area contributed by atoms with E-state index < -0.39 is 17.4 Å². The summed E-state index contributed by atoms with van der Waals surface area (Å²) in [6.45, 7) is 12.6. The number of carbonyl (C=O) groups is 2. The zero-order chi connectivity index (χ0) is 40.6. The summed E-state index contributed by atoms with van der Waals surface area (Å²) in [5.74, 6) is -0.394. The van der Waals surface area contributed by atoms with Crippen LogP contribution in [0.3, 0.4) is 0 Å². The molecule has 19 heteroatoms. The first-order valence-corrected chi connectivity index (χ1v) is 18.6. The first-order valence-electron chi connectivity index (χ1n) is 18.6. The van der Waals surface area contributed by atoms with Crippen LogP contribution < -0.4 is 38.5 Å². The number of hydrogen-bond donors (Lipinski definition) is 6. The van der Waals surface area contributed by atoms with Crippen LogP contribution >= 0.6 is 0 Å². The van der Waals surface area contributed by atoms with Crippen LogP contribution in [0.2, 0.25) is 0 Å². The van der Waals surface area contributed by atoms with E-state index in [2.05, 4.69) is 40.4 Å². The van der Waals surface area contributed by atoms with Gasteiger partial charge in [-0.3, -0.25) is 14.5 Å². The number of anilines is 3. The standard InChI is InChI=1S/C27H38FN11O3.C8H8FN3.C2H6/c1-17-9-39-13-19(6-21(28)25(39)35-17)36-26(41)22-7-34-23(8-33-22)38-11-18(12-38)10-37-14-20(15-37)42-16-24(40)32-5-3-27(30,31)2-4-29;1-5-3-12-4-6(10)2-7(9)8(12)11-5;1-2/h6-9,13,18,20H,2-5,10-12,14-16,29-31H2,1H3,(H,32,40)(H,36,41);2-4H,10H2,1H3;1-2H3. The number of ether oxygens (including phenoxy) is 1. The Morgan fingerprint density at radius 3 is 2.18 bits per heavy atom. The Bertz CT molecular complexity index is 2090. The minimum absolute atomic E-state index is 0.0118. The van der Waals surface area contributed by atoms with Crippen LogP contribution in [0.5, 0.6) is 0 Å². The van der Waals surface area contributed by atoms with E-state index >= 15 is 0 Å². The lowest BCUT2D eigenvalue weighted by Crippen LogP contribution is -2.59. The molecule has 2 amide bonds. The molecule has 0 saturated carbocycles. The number of carbonyl (C=O) groups excluding carboxylic acids is 2. The van der Waals surface area contributed by atoms with Crippen molar-refractivity contribution in [3.8, 4) is 0 Å². The fourth-order valence-corrected chi connectivity index (χ4v) is 6.33. The van der Waals surface area contributed by atoms with Crippen molar-refractivity contribution in [3.63, 3.8) is 0 Å². The van der Waals surface area contributed by atoms with E-state index in [1.807, 2.05) is 20.8 Å². The van der Waals surface area contributed by atoms with Gasteiger partial charge in [-0.1, -0.05) is 13.8 Å². The number of rotatable bonds is 13. The van der Waals surface area contributed by atoms with E-state index in [1.165, 1.54) is 22.7 Å². The van der Waals surface area contributed by atoms with Crippen molar-refractivity contribution >= 4 is 40.3 Å². The van der Waals surface area contributed by atoms with Gasteiger partial charge in [-0.05, 0) is 33.2 Å². The van der Waals surface area contributed by atoms with Crippen LogP contribution in [0.15, 0.2) is 49.3 Å². The molecule has 2 fully saturated rings. The molecule has 10 N–H and O–H groups in total. The van der Waals surface area contributed by atoms with E-state index in [1.54, 1.807) is 42.3 Å². The highest BCUT2D eigenvalue weighted by atomic mass is 19.1. The number of halogens is 2. The molecule has 2 aliphatic heterocycles. The number of nitrogens with two attached hydrogens (primary N) is 4. The van der Waals surface area contributed by atoms with Gasteiger partial charge in [0.15, 0.2) is 22.9 Å². The molecular weight excluding hydrogens is 726 g/mol. The fraction of sp³-hybridized carbons (Fsp3) is 0.459. The predicted molar refractivity (Wildman–Crippen MR) is 210 cm³/mol. The van der Waals surface area contributed by atoms with Gasteiger partial charge in [0.1, 0.15) is 18.1 Å². The second-order valence-electron chi connectivity index (χ2n) is 13.9. The number of nitrogen functional groups attached to an aromatic ring is 1. The maximum atomic E-state index is 14.3. The summed E-state index contributed by atoms with van der Waals surface area (Å²) in [7, 11) is 0. The molecule has 5 aromatic rings. The number of pyridine rings is 2. The van der Waals surface area contributed by atoms with Crippen LogP contribution in [0.25, 0.3) is 11.3 Å². The Labute approximate surface area is 323 Å². The molecule has 2 aliphatic rings. The summed E-state index contributed by atoms with van der Waals surface area (Å²) in [5.41, 5.74) is 24.7. The molecule has 2 saturated heterocycles. The molecule has 0 atom stereocenters. The van der Waals surface area contributed by atoms with Crippen molar-refractivity contribution in [1.29, 1.82) is 0 Å². The van der Waals surface area contributed by atoms with Crippen molar-refractivity contribution in [1.82, 2.24) is 39.0 Å². The highest BCUT2D eigenvalue weighted by molar-refractivity contribution is 6.02. The molecule has 0 spiro atoms. The van der Waals surface area contributed by atoms with Crippen molar-refractivity contribution in [2.24, 2.45) is 23.1 Å². The SMILES string of the molecule is CC.Cc1cn2cc(N)cc(F)c2n1.Cc1cn2cc(NC(=O)c3cnc(N4CC(CN5CC(OCC(=O)NCCC(N)(N)CCN)C5)C4)cn3)cc(F)c2n1. The van der Waals surface area contributed by atoms with Crippen LogP contribution in [0.1, 0.15) is 48.6 Å². The molecule has 0 radical (unpaired) electrons. The van der Waals surface area contributed by atoms with Crippen LogP contribution in [0, 0.1) is 31.4 Å². The Hall–Kier alpha value is -5.34. The molecule has 0 aliphatic carbocycles. The lowest BCUT2D eigenvalue weighted by atomic mass is 9.97. The largest absolute Gasteiger partial charge is 0.397 e. The third kappa shape index (κ3) is 10.9. The second-order valence-corrected chi connectivity index (χ2v) is 13.9. The molecule has 0 bridgehead atoms. The number of likely N-dealkylation sites (tertiary alicyclic amines) is 1. The number of aryl methyl sites for hydroxylation is 2. The van der Waals surface area contributed by atoms with E-state index in [9.17, 15) is 18.4 Å². The number of aromatic nitrogens is 6. The number of nitrogens with one attached hydrogen (secondary N) is 2. The lowest BCUT2D eigenvalue weighted by Gasteiger charge is -2.46. The van der Waals surface area contributed by atoms with Crippen molar-refractivity contribution < 1.29 is 23.1 Å². The maximum Gasteiger partial charge on any atom is 0.275 e. The molecule has 17 nitrogen and oxygen atoms in total. The molecule has 302 valence electrons. The van der Waals surface area contributed by atoms with Crippen LogP contribution in [-0.4, -0.2) is 110 Å². The van der Waals surface area contributed by atoms with Gasteiger partial charge in [-0.15, -0.1) is 0 Å². The molecular formula is C37H52F2N14O3. The number of fused-ring (bicyclic) bond motifs is 2. The predicted octanol–water partition coefficient (Wildman–Crippen LogP) is 1.82. The number of nitrogens with zero attached hydrogens (tertiary/aromatic N) is 8. The van der Waals surface area contributed by atoms with E-state index in [0.717, 1.165) is 38.4 Å². The lowest BCUT2D eigenvalue weighted by molar-refractivity contribution is -0.132. The summed E-state index contributed by atoms with van der Waals surface area (Å²) >= 11 is 0. The van der Waals surface area contributed by atoms with Gasteiger partial charge in [0.05, 0.1) is 46.9 Å². The summed E-state index contributed by atoms with van der Waals surface area (Å²) < 4.78 is 36.2. The molecule has 0 aromatic carbocycles. The Morgan fingerprint density at radius 2 is 1.55 bits per heavy atom. The van der Waals surface area contributed by atoms with Gasteiger partial charge in [-0.2, -0.15) is 0 Å². The monoisotopic (exact) mass is 778 g/mol. The molecule has 0 unspecified atom stereocenters. The average molecular weight is 779 g/mol. The molecule has 7 heterocycles. The maximum absolute atomic E-state index is 14.3. The zero-order valence-corrected chi connectivity index (χ0v) is 32.2. The van der Waals surface area contributed by atoms with Crippen LogP contribution in [-0.2, 0) is 9.53 Å². The Kier molecular flexibility index (Phi) is 13.8. The number of hydrogen-bond acceptors (Lipinski definition) is 13. The van der Waals surface area contributed by atoms with E-state index in [4.69, 9.17) is 27.7 Å². The summed E-state index contributed by atoms with van der Waals surface area (Å²) in [6.07, 6.45) is 10.6. The van der Waals surface area contributed by atoms with Gasteiger partial charge >= 0.3 is 0 Å². The fourth-order valence-electron chi connectivity index (χ4n) is 6.33. The van der Waals surface area contributed by atoms with Gasteiger partial charge in [0.25, 0.3) is 5.91 Å². The first kappa shape index (κ1) is 41.8. The third-order valence-electron chi connectivity index (χ3n) is 9.10. The van der Waals surface area contributed by atoms with Crippen LogP contribution in [0.4, 0.5) is 26.0 Å². The van der Waals surface area contributed by atoms with Gasteiger partial charge in [-0.25, -0.2) is 28.7 Å². The second kappa shape index (κ2) is 18.5. The third-order valence-corrected chi connectivity index (χ3v) is 9.10. The van der Waals surface area contributed by atoms with E-state index in [-0.39, 0.29) is 35.8 Å².